The van der Waals surface area contributed by atoms with Crippen molar-refractivity contribution in [1.29, 1.82) is 0 Å². The van der Waals surface area contributed by atoms with Crippen molar-refractivity contribution in [3.8, 4) is 0 Å². The first kappa shape index (κ1) is 12.9. The van der Waals surface area contributed by atoms with Crippen LogP contribution in [0.1, 0.15) is 27.2 Å². The van der Waals surface area contributed by atoms with Gasteiger partial charge in [0.25, 0.3) is 0 Å². The van der Waals surface area contributed by atoms with Crippen molar-refractivity contribution in [2.75, 3.05) is 13.1 Å². The number of carbonyl (C=O) groups excluding carboxylic acids is 3. The Bertz CT molecular complexity index is 399. The number of nitrogens with zero attached hydrogens (tertiary/aromatic N) is 1. The van der Waals surface area contributed by atoms with E-state index in [1.165, 1.54) is 4.90 Å². The van der Waals surface area contributed by atoms with Crippen LogP contribution >= 0.6 is 0 Å². The van der Waals surface area contributed by atoms with Gasteiger partial charge in [0, 0.05) is 13.1 Å². The highest BCUT2D eigenvalue weighted by molar-refractivity contribution is 6.05. The summed E-state index contributed by atoms with van der Waals surface area (Å²) in [7, 11) is 0. The molecule has 0 aliphatic carbocycles. The van der Waals surface area contributed by atoms with E-state index in [0.29, 0.717) is 13.0 Å². The first-order valence-electron chi connectivity index (χ1n) is 6.10. The fourth-order valence-corrected chi connectivity index (χ4v) is 2.33. The van der Waals surface area contributed by atoms with Gasteiger partial charge in [0.2, 0.25) is 11.8 Å². The molecule has 3 amide bonds. The monoisotopic (exact) mass is 254 g/mol. The van der Waals surface area contributed by atoms with E-state index in [1.807, 2.05) is 0 Å². The molecule has 18 heavy (non-hydrogen) atoms. The molecular weight excluding hydrogens is 236 g/mol. The van der Waals surface area contributed by atoms with Crippen molar-refractivity contribution < 1.29 is 19.1 Å². The minimum atomic E-state index is -0.554. The third-order valence-corrected chi connectivity index (χ3v) is 3.18. The number of nitrogens with one attached hydrogen (secondary N) is 1. The molecule has 0 radical (unpaired) electrons. The lowest BCUT2D eigenvalue weighted by atomic mass is 9.88. The Labute approximate surface area is 106 Å². The van der Waals surface area contributed by atoms with E-state index < -0.39 is 17.6 Å². The van der Waals surface area contributed by atoms with Gasteiger partial charge in [-0.2, -0.15) is 0 Å². The topological polar surface area (TPSA) is 75.7 Å². The van der Waals surface area contributed by atoms with Gasteiger partial charge < -0.3 is 9.64 Å². The fraction of sp³-hybridized carbons (Fsp3) is 0.750. The molecule has 0 aromatic carbocycles. The number of piperidine rings is 1. The molecule has 2 atom stereocenters. The maximum absolute atomic E-state index is 11.9. The SMILES string of the molecule is CC(C)(C)OC(=O)N1CC[C@H]2C(=O)NC(=O)[C@@H]2C1. The summed E-state index contributed by atoms with van der Waals surface area (Å²) >= 11 is 0. The summed E-state index contributed by atoms with van der Waals surface area (Å²) in [5.41, 5.74) is -0.554. The summed E-state index contributed by atoms with van der Waals surface area (Å²) < 4.78 is 5.26. The number of ether oxygens (including phenoxy) is 1. The average Bonchev–Trinajstić information content (AvgIpc) is 2.52. The smallest absolute Gasteiger partial charge is 0.410 e. The summed E-state index contributed by atoms with van der Waals surface area (Å²) in [6.07, 6.45) is 0.0923. The quantitative estimate of drug-likeness (QED) is 0.639. The van der Waals surface area contributed by atoms with Crippen molar-refractivity contribution >= 4 is 17.9 Å². The second kappa shape index (κ2) is 4.26. The van der Waals surface area contributed by atoms with Crippen molar-refractivity contribution in [2.24, 2.45) is 11.8 Å². The van der Waals surface area contributed by atoms with E-state index in [0.717, 1.165) is 0 Å². The average molecular weight is 254 g/mol. The summed E-state index contributed by atoms with van der Waals surface area (Å²) in [5, 5.41) is 2.31. The van der Waals surface area contributed by atoms with Gasteiger partial charge in [-0.05, 0) is 27.2 Å². The number of imide groups is 1. The number of amides is 3. The van der Waals surface area contributed by atoms with Crippen molar-refractivity contribution in [3.05, 3.63) is 0 Å². The molecule has 0 unspecified atom stereocenters. The van der Waals surface area contributed by atoms with Gasteiger partial charge in [0.1, 0.15) is 5.60 Å². The maximum Gasteiger partial charge on any atom is 0.410 e. The number of hydrogen-bond donors (Lipinski definition) is 1. The minimum absolute atomic E-state index is 0.214. The fourth-order valence-electron chi connectivity index (χ4n) is 2.33. The molecule has 100 valence electrons. The molecule has 2 aliphatic rings. The van der Waals surface area contributed by atoms with Crippen LogP contribution in [-0.2, 0) is 14.3 Å². The van der Waals surface area contributed by atoms with Crippen LogP contribution in [0.25, 0.3) is 0 Å². The summed E-state index contributed by atoms with van der Waals surface area (Å²) in [5.74, 6) is -1.19. The van der Waals surface area contributed by atoms with Crippen LogP contribution in [0.3, 0.4) is 0 Å². The van der Waals surface area contributed by atoms with Gasteiger partial charge in [-0.25, -0.2) is 4.79 Å². The first-order valence-corrected chi connectivity index (χ1v) is 6.10. The second-order valence-corrected chi connectivity index (χ2v) is 5.78. The summed E-state index contributed by atoms with van der Waals surface area (Å²) in [4.78, 5) is 36.4. The zero-order valence-corrected chi connectivity index (χ0v) is 10.9. The van der Waals surface area contributed by atoms with Gasteiger partial charge in [0.15, 0.2) is 0 Å². The normalized spacial score (nSPS) is 27.8. The molecule has 2 fully saturated rings. The summed E-state index contributed by atoms with van der Waals surface area (Å²) in [6, 6.07) is 0. The molecule has 0 aromatic heterocycles. The number of rotatable bonds is 0. The molecule has 1 N–H and O–H groups in total. The highest BCUT2D eigenvalue weighted by Gasteiger charge is 2.46. The van der Waals surface area contributed by atoms with Crippen LogP contribution < -0.4 is 5.32 Å². The molecule has 2 aliphatic heterocycles. The van der Waals surface area contributed by atoms with Crippen molar-refractivity contribution in [3.63, 3.8) is 0 Å². The number of carbonyl (C=O) groups is 3. The first-order chi connectivity index (χ1) is 8.28. The van der Waals surface area contributed by atoms with Gasteiger partial charge in [-0.3, -0.25) is 14.9 Å². The molecule has 0 bridgehead atoms. The number of hydrogen-bond acceptors (Lipinski definition) is 4. The lowest BCUT2D eigenvalue weighted by Crippen LogP contribution is -2.46. The van der Waals surface area contributed by atoms with Gasteiger partial charge >= 0.3 is 6.09 Å². The maximum atomic E-state index is 11.9. The minimum Gasteiger partial charge on any atom is -0.444 e. The molecule has 0 spiro atoms. The molecule has 0 saturated carbocycles. The van der Waals surface area contributed by atoms with Crippen LogP contribution in [-0.4, -0.2) is 41.5 Å². The predicted molar refractivity (Wildman–Crippen MR) is 62.6 cm³/mol. The van der Waals surface area contributed by atoms with Crippen LogP contribution in [0.5, 0.6) is 0 Å². The summed E-state index contributed by atoms with van der Waals surface area (Å²) in [6.45, 7) is 6.10. The molecule has 2 rings (SSSR count). The molecule has 0 aromatic rings. The third-order valence-electron chi connectivity index (χ3n) is 3.18. The second-order valence-electron chi connectivity index (χ2n) is 5.78. The highest BCUT2D eigenvalue weighted by Crippen LogP contribution is 2.29. The Balaban J connectivity index is 2.01. The Kier molecular flexibility index (Phi) is 3.04. The van der Waals surface area contributed by atoms with E-state index in [-0.39, 0.29) is 24.3 Å². The van der Waals surface area contributed by atoms with E-state index >= 15 is 0 Å². The van der Waals surface area contributed by atoms with E-state index in [9.17, 15) is 14.4 Å². The highest BCUT2D eigenvalue weighted by atomic mass is 16.6. The standard InChI is InChI=1S/C12H18N2O4/c1-12(2,3)18-11(17)14-5-4-7-8(6-14)10(16)13-9(7)15/h7-8H,4-6H2,1-3H3,(H,13,15,16)/t7-,8-/m1/s1. The molecule has 6 heteroatoms. The zero-order chi connectivity index (χ0) is 13.5. The Morgan fingerprint density at radius 1 is 1.28 bits per heavy atom. The Morgan fingerprint density at radius 3 is 2.50 bits per heavy atom. The lowest BCUT2D eigenvalue weighted by Gasteiger charge is -2.33. The molecule has 6 nitrogen and oxygen atoms in total. The number of fused-ring (bicyclic) bond motifs is 1. The Morgan fingerprint density at radius 2 is 1.89 bits per heavy atom. The van der Waals surface area contributed by atoms with E-state index in [2.05, 4.69) is 5.32 Å². The Hall–Kier alpha value is -1.59. The molecular formula is C12H18N2O4. The van der Waals surface area contributed by atoms with Crippen molar-refractivity contribution in [1.82, 2.24) is 10.2 Å². The van der Waals surface area contributed by atoms with Crippen LogP contribution in [0.4, 0.5) is 4.79 Å². The van der Waals surface area contributed by atoms with Crippen LogP contribution in [0, 0.1) is 11.8 Å². The predicted octanol–water partition coefficient (Wildman–Crippen LogP) is 0.516. The van der Waals surface area contributed by atoms with Gasteiger partial charge in [-0.15, -0.1) is 0 Å². The number of likely N-dealkylation sites (tertiary alicyclic amines) is 1. The molecule has 2 saturated heterocycles. The lowest BCUT2D eigenvalue weighted by molar-refractivity contribution is -0.126. The van der Waals surface area contributed by atoms with Crippen molar-refractivity contribution in [2.45, 2.75) is 32.8 Å². The van der Waals surface area contributed by atoms with Crippen LogP contribution in [0.2, 0.25) is 0 Å². The largest absolute Gasteiger partial charge is 0.444 e. The zero-order valence-electron chi connectivity index (χ0n) is 10.9. The molecule has 2 heterocycles. The van der Waals surface area contributed by atoms with Crippen LogP contribution in [0.15, 0.2) is 0 Å². The van der Waals surface area contributed by atoms with E-state index in [1.54, 1.807) is 20.8 Å². The van der Waals surface area contributed by atoms with Gasteiger partial charge in [-0.1, -0.05) is 0 Å². The third kappa shape index (κ3) is 2.47. The van der Waals surface area contributed by atoms with Gasteiger partial charge in [0.05, 0.1) is 11.8 Å². The van der Waals surface area contributed by atoms with E-state index in [4.69, 9.17) is 4.74 Å².